The number of carbonyl (C=O) groups is 2. The van der Waals surface area contributed by atoms with Gasteiger partial charge in [0.25, 0.3) is 0 Å². The third-order valence-corrected chi connectivity index (χ3v) is 2.32. The summed E-state index contributed by atoms with van der Waals surface area (Å²) in [7, 11) is 0. The Kier molecular flexibility index (Phi) is 6.69. The molecule has 0 aliphatic rings. The summed E-state index contributed by atoms with van der Waals surface area (Å²) in [5.41, 5.74) is 0. The molecule has 68 valence electrons. The minimum atomic E-state index is -0.882. The van der Waals surface area contributed by atoms with E-state index in [-0.39, 0.29) is 11.5 Å². The first-order valence-electron chi connectivity index (χ1n) is 2.94. The van der Waals surface area contributed by atoms with Gasteiger partial charge < -0.3 is 10.2 Å². The zero-order chi connectivity index (χ0) is 9.40. The molecule has 0 aromatic heterocycles. The normalized spacial score (nSPS) is 10.3. The summed E-state index contributed by atoms with van der Waals surface area (Å²) < 4.78 is 0. The minimum Gasteiger partial charge on any atom is -0.481 e. The first kappa shape index (κ1) is 11.4. The molecular weight excluding hydrogens is 200 g/mol. The molecule has 0 fully saturated rings. The van der Waals surface area contributed by atoms with Crippen LogP contribution in [0.2, 0.25) is 0 Å². The van der Waals surface area contributed by atoms with Crippen molar-refractivity contribution in [3.8, 4) is 0 Å². The summed E-state index contributed by atoms with van der Waals surface area (Å²) >= 11 is 2.24. The van der Waals surface area contributed by atoms with Crippen molar-refractivity contribution in [2.24, 2.45) is 0 Å². The van der Waals surface area contributed by atoms with Crippen LogP contribution in [0, 0.1) is 0 Å². The molecule has 0 heterocycles. The van der Waals surface area contributed by atoms with Gasteiger partial charge in [-0.25, -0.2) is 0 Å². The van der Waals surface area contributed by atoms with Crippen molar-refractivity contribution < 1.29 is 19.8 Å². The van der Waals surface area contributed by atoms with Crippen LogP contribution >= 0.6 is 23.5 Å². The highest BCUT2D eigenvalue weighted by Crippen LogP contribution is 2.08. The maximum Gasteiger partial charge on any atom is 0.313 e. The molecule has 4 nitrogen and oxygen atoms in total. The number of carboxylic acid groups (broad SMARTS) is 2. The second-order valence-electron chi connectivity index (χ2n) is 1.68. The molecule has 0 aromatic carbocycles. The van der Waals surface area contributed by atoms with Crippen molar-refractivity contribution in [2.45, 2.75) is 0 Å². The summed E-state index contributed by atoms with van der Waals surface area (Å²) in [6.45, 7) is 0. The molecule has 0 aliphatic carbocycles. The van der Waals surface area contributed by atoms with E-state index in [1.165, 1.54) is 0 Å². The standard InChI is InChI=1S/C6H8O4S2/c7-5(8)3-11-1-2-12-4-6(9)10/h1-2H,3-4H2,(H,7,8)(H,9,10). The number of hydrogen-bond donors (Lipinski definition) is 2. The predicted octanol–water partition coefficient (Wildman–Crippen LogP) is 1.09. The van der Waals surface area contributed by atoms with Gasteiger partial charge >= 0.3 is 11.9 Å². The molecule has 0 spiro atoms. The van der Waals surface area contributed by atoms with Gasteiger partial charge in [-0.2, -0.15) is 0 Å². The van der Waals surface area contributed by atoms with E-state index in [4.69, 9.17) is 10.2 Å². The van der Waals surface area contributed by atoms with Gasteiger partial charge in [-0.15, -0.1) is 23.5 Å². The fourth-order valence-electron chi connectivity index (χ4n) is 0.317. The van der Waals surface area contributed by atoms with Crippen LogP contribution in [0.3, 0.4) is 0 Å². The lowest BCUT2D eigenvalue weighted by Gasteiger charge is -1.88. The van der Waals surface area contributed by atoms with Gasteiger partial charge in [0.1, 0.15) is 0 Å². The maximum absolute atomic E-state index is 9.98. The lowest BCUT2D eigenvalue weighted by atomic mass is 10.8. The van der Waals surface area contributed by atoms with Crippen LogP contribution in [-0.2, 0) is 9.59 Å². The summed E-state index contributed by atoms with van der Waals surface area (Å²) in [4.78, 5) is 20.0. The molecule has 2 N–H and O–H groups in total. The average Bonchev–Trinajstić information content (AvgIpc) is 1.95. The third kappa shape index (κ3) is 9.38. The lowest BCUT2D eigenvalue weighted by molar-refractivity contribution is -0.134. The number of rotatable bonds is 6. The van der Waals surface area contributed by atoms with Crippen LogP contribution < -0.4 is 0 Å². The SMILES string of the molecule is O=C(O)CSC=CSCC(=O)O. The molecule has 0 rings (SSSR count). The Bertz CT molecular complexity index is 170. The van der Waals surface area contributed by atoms with E-state index in [1.807, 2.05) is 0 Å². The molecule has 12 heavy (non-hydrogen) atoms. The van der Waals surface area contributed by atoms with Crippen LogP contribution in [-0.4, -0.2) is 33.7 Å². The fourth-order valence-corrected chi connectivity index (χ4v) is 1.42. The Morgan fingerprint density at radius 2 is 1.33 bits per heavy atom. The van der Waals surface area contributed by atoms with Crippen molar-refractivity contribution in [3.63, 3.8) is 0 Å². The fraction of sp³-hybridized carbons (Fsp3) is 0.333. The van der Waals surface area contributed by atoms with Crippen molar-refractivity contribution in [1.82, 2.24) is 0 Å². The number of aliphatic carboxylic acids is 2. The smallest absolute Gasteiger partial charge is 0.313 e. The molecule has 0 amide bonds. The molecule has 0 saturated heterocycles. The largest absolute Gasteiger partial charge is 0.481 e. The van der Waals surface area contributed by atoms with E-state index in [1.54, 1.807) is 10.8 Å². The molecule has 0 unspecified atom stereocenters. The van der Waals surface area contributed by atoms with Crippen LogP contribution in [0.15, 0.2) is 10.8 Å². The van der Waals surface area contributed by atoms with E-state index in [0.29, 0.717) is 0 Å². The monoisotopic (exact) mass is 208 g/mol. The van der Waals surface area contributed by atoms with Gasteiger partial charge in [0.2, 0.25) is 0 Å². The third-order valence-electron chi connectivity index (χ3n) is 0.662. The van der Waals surface area contributed by atoms with Crippen molar-refractivity contribution in [2.75, 3.05) is 11.5 Å². The molecular formula is C6H8O4S2. The van der Waals surface area contributed by atoms with E-state index >= 15 is 0 Å². The number of hydrogen-bond acceptors (Lipinski definition) is 4. The Hall–Kier alpha value is -0.620. The highest BCUT2D eigenvalue weighted by atomic mass is 32.2. The van der Waals surface area contributed by atoms with Crippen LogP contribution in [0.1, 0.15) is 0 Å². The second kappa shape index (κ2) is 7.05. The molecule has 0 radical (unpaired) electrons. The molecule has 0 bridgehead atoms. The summed E-state index contributed by atoms with van der Waals surface area (Å²) in [6, 6.07) is 0. The predicted molar refractivity (Wildman–Crippen MR) is 49.3 cm³/mol. The van der Waals surface area contributed by atoms with Gasteiger partial charge in [0.05, 0.1) is 11.5 Å². The van der Waals surface area contributed by atoms with Crippen molar-refractivity contribution >= 4 is 35.5 Å². The molecule has 0 aliphatic heterocycles. The summed E-state index contributed by atoms with van der Waals surface area (Å²) in [5.74, 6) is -1.75. The van der Waals surface area contributed by atoms with Gasteiger partial charge in [-0.1, -0.05) is 0 Å². The zero-order valence-corrected chi connectivity index (χ0v) is 7.73. The van der Waals surface area contributed by atoms with Crippen LogP contribution in [0.5, 0.6) is 0 Å². The van der Waals surface area contributed by atoms with Crippen LogP contribution in [0.25, 0.3) is 0 Å². The summed E-state index contributed by atoms with van der Waals surface area (Å²) in [5, 5.41) is 19.5. The second-order valence-corrected chi connectivity index (χ2v) is 3.47. The lowest BCUT2D eigenvalue weighted by Crippen LogP contribution is -1.96. The first-order valence-corrected chi connectivity index (χ1v) is 5.04. The minimum absolute atomic E-state index is 0.00410. The number of carboxylic acids is 2. The summed E-state index contributed by atoms with van der Waals surface area (Å²) in [6.07, 6.45) is 0. The van der Waals surface area contributed by atoms with Crippen LogP contribution in [0.4, 0.5) is 0 Å². The average molecular weight is 208 g/mol. The van der Waals surface area contributed by atoms with E-state index in [0.717, 1.165) is 23.5 Å². The van der Waals surface area contributed by atoms with Gasteiger partial charge in [-0.05, 0) is 10.8 Å². The Balaban J connectivity index is 3.26. The quantitative estimate of drug-likeness (QED) is 0.680. The van der Waals surface area contributed by atoms with E-state index in [2.05, 4.69) is 0 Å². The zero-order valence-electron chi connectivity index (χ0n) is 6.10. The molecule has 6 heteroatoms. The first-order chi connectivity index (χ1) is 5.63. The highest BCUT2D eigenvalue weighted by molar-refractivity contribution is 8.06. The molecule has 0 saturated carbocycles. The Morgan fingerprint density at radius 1 is 1.00 bits per heavy atom. The van der Waals surface area contributed by atoms with Crippen molar-refractivity contribution in [1.29, 1.82) is 0 Å². The van der Waals surface area contributed by atoms with Gasteiger partial charge in [0, 0.05) is 0 Å². The van der Waals surface area contributed by atoms with E-state index in [9.17, 15) is 9.59 Å². The van der Waals surface area contributed by atoms with E-state index < -0.39 is 11.9 Å². The topological polar surface area (TPSA) is 74.6 Å². The van der Waals surface area contributed by atoms with Gasteiger partial charge in [-0.3, -0.25) is 9.59 Å². The number of thioether (sulfide) groups is 2. The van der Waals surface area contributed by atoms with Gasteiger partial charge in [0.15, 0.2) is 0 Å². The Morgan fingerprint density at radius 3 is 1.58 bits per heavy atom. The van der Waals surface area contributed by atoms with Crippen molar-refractivity contribution in [3.05, 3.63) is 10.8 Å². The molecule has 0 atom stereocenters. The Labute approximate surface area is 78.0 Å². The highest BCUT2D eigenvalue weighted by Gasteiger charge is 1.94. The maximum atomic E-state index is 9.98. The molecule has 0 aromatic rings.